The van der Waals surface area contributed by atoms with Gasteiger partial charge in [0.25, 0.3) is 0 Å². The Bertz CT molecular complexity index is 1450. The van der Waals surface area contributed by atoms with Crippen LogP contribution in [0.4, 0.5) is 0 Å². The summed E-state index contributed by atoms with van der Waals surface area (Å²) in [5, 5.41) is 25.0. The molecule has 4 aromatic carbocycles. The molecule has 0 heterocycles. The van der Waals surface area contributed by atoms with Crippen molar-refractivity contribution in [3.8, 4) is 35.2 Å². The smallest absolute Gasteiger partial charge is 0.181 e. The second kappa shape index (κ2) is 10.5. The van der Waals surface area contributed by atoms with Crippen LogP contribution >= 0.6 is 0 Å². The topological polar surface area (TPSA) is 58.9 Å². The molecule has 4 heteroatoms. The van der Waals surface area contributed by atoms with Gasteiger partial charge in [0.2, 0.25) is 0 Å². The summed E-state index contributed by atoms with van der Waals surface area (Å²) in [5.74, 6) is 13.4. The maximum Gasteiger partial charge on any atom is 0.181 e. The molecule has 2 N–H and O–H groups in total. The van der Waals surface area contributed by atoms with Crippen LogP contribution in [-0.4, -0.2) is 23.4 Å². The van der Waals surface area contributed by atoms with E-state index in [1.807, 2.05) is 74.5 Å². The molecule has 4 aromatic rings. The molecule has 4 nitrogen and oxygen atoms in total. The van der Waals surface area contributed by atoms with Crippen LogP contribution in [0.15, 0.2) is 97.1 Å². The average Bonchev–Trinajstić information content (AvgIpc) is 2.95. The number of fused-ring (bicyclic) bond motifs is 2. The number of aliphatic hydroxyl groups is 2. The van der Waals surface area contributed by atoms with Crippen LogP contribution in [0.2, 0.25) is 0 Å². The lowest BCUT2D eigenvalue weighted by Crippen LogP contribution is -2.42. The molecule has 5 rings (SSSR count). The van der Waals surface area contributed by atoms with Crippen molar-refractivity contribution >= 4 is 0 Å². The predicted octanol–water partition coefficient (Wildman–Crippen LogP) is 5.37. The molecular weight excluding hydrogens is 472 g/mol. The third-order valence-corrected chi connectivity index (χ3v) is 6.48. The predicted molar refractivity (Wildman–Crippen MR) is 148 cm³/mol. The van der Waals surface area contributed by atoms with Crippen molar-refractivity contribution in [3.05, 3.63) is 130 Å². The molecule has 1 aliphatic rings. The third kappa shape index (κ3) is 4.42. The molecule has 188 valence electrons. The Labute approximate surface area is 223 Å². The summed E-state index contributed by atoms with van der Waals surface area (Å²) >= 11 is 0. The Hall–Kier alpha value is -4.48. The molecule has 0 amide bonds. The zero-order valence-corrected chi connectivity index (χ0v) is 21.4. The van der Waals surface area contributed by atoms with Crippen LogP contribution in [0.3, 0.4) is 0 Å². The molecule has 0 spiro atoms. The van der Waals surface area contributed by atoms with Gasteiger partial charge in [-0.25, -0.2) is 0 Å². The summed E-state index contributed by atoms with van der Waals surface area (Å²) in [4.78, 5) is 0. The quantitative estimate of drug-likeness (QED) is 0.370. The van der Waals surface area contributed by atoms with E-state index in [1.165, 1.54) is 0 Å². The Balaban J connectivity index is 1.86. The fourth-order valence-corrected chi connectivity index (χ4v) is 4.86. The highest BCUT2D eigenvalue weighted by Gasteiger charge is 2.51. The van der Waals surface area contributed by atoms with Crippen molar-refractivity contribution in [1.29, 1.82) is 0 Å². The standard InChI is InChI=1S/C34H28O4/c1-3-37-29-19-11-17-27-31(29)33(35,23-21-25-13-7-5-8-14-25)28-18-12-20-30(38-4-2)32(28)34(27,36)24-22-26-15-9-6-10-16-26/h5-20,35-36H,3-4H2,1-2H3/t33-,34-/m1/s1. The van der Waals surface area contributed by atoms with Gasteiger partial charge in [0.05, 0.1) is 24.3 Å². The van der Waals surface area contributed by atoms with Crippen LogP contribution in [-0.2, 0) is 11.2 Å². The normalized spacial score (nSPS) is 19.1. The van der Waals surface area contributed by atoms with Crippen LogP contribution in [0, 0.1) is 23.7 Å². The Morgan fingerprint density at radius 1 is 0.553 bits per heavy atom. The molecular formula is C34H28O4. The van der Waals surface area contributed by atoms with E-state index in [2.05, 4.69) is 23.7 Å². The Morgan fingerprint density at radius 2 is 0.947 bits per heavy atom. The molecule has 0 saturated carbocycles. The summed E-state index contributed by atoms with van der Waals surface area (Å²) in [6.07, 6.45) is 0. The highest BCUT2D eigenvalue weighted by Crippen LogP contribution is 2.53. The summed E-state index contributed by atoms with van der Waals surface area (Å²) in [7, 11) is 0. The monoisotopic (exact) mass is 500 g/mol. The van der Waals surface area contributed by atoms with Gasteiger partial charge in [-0.1, -0.05) is 84.3 Å². The second-order valence-corrected chi connectivity index (χ2v) is 8.88. The minimum absolute atomic E-state index is 0.372. The lowest BCUT2D eigenvalue weighted by atomic mass is 9.67. The van der Waals surface area contributed by atoms with Crippen molar-refractivity contribution in [2.75, 3.05) is 13.2 Å². The number of ether oxygens (including phenoxy) is 2. The summed E-state index contributed by atoms with van der Waals surface area (Å²) in [6, 6.07) is 29.6. The van der Waals surface area contributed by atoms with E-state index in [9.17, 15) is 10.2 Å². The largest absolute Gasteiger partial charge is 0.493 e. The minimum Gasteiger partial charge on any atom is -0.493 e. The van der Waals surface area contributed by atoms with Crippen LogP contribution < -0.4 is 9.47 Å². The van der Waals surface area contributed by atoms with Gasteiger partial charge in [0.1, 0.15) is 11.5 Å². The Kier molecular flexibility index (Phi) is 6.95. The molecule has 0 aromatic heterocycles. The van der Waals surface area contributed by atoms with Gasteiger partial charge < -0.3 is 19.7 Å². The van der Waals surface area contributed by atoms with Crippen LogP contribution in [0.25, 0.3) is 0 Å². The van der Waals surface area contributed by atoms with Crippen molar-refractivity contribution in [3.63, 3.8) is 0 Å². The van der Waals surface area contributed by atoms with E-state index < -0.39 is 11.2 Å². The first-order valence-electron chi connectivity index (χ1n) is 12.7. The van der Waals surface area contributed by atoms with Gasteiger partial charge >= 0.3 is 0 Å². The first kappa shape index (κ1) is 25.2. The molecule has 2 atom stereocenters. The number of benzene rings is 4. The first-order chi connectivity index (χ1) is 18.5. The van der Waals surface area contributed by atoms with E-state index >= 15 is 0 Å². The van der Waals surface area contributed by atoms with E-state index in [4.69, 9.17) is 9.47 Å². The number of hydrogen-bond donors (Lipinski definition) is 2. The molecule has 1 aliphatic carbocycles. The first-order valence-corrected chi connectivity index (χ1v) is 12.7. The zero-order chi connectivity index (χ0) is 26.6. The summed E-state index contributed by atoms with van der Waals surface area (Å²) < 4.78 is 12.0. The zero-order valence-electron chi connectivity index (χ0n) is 21.4. The van der Waals surface area contributed by atoms with E-state index in [1.54, 1.807) is 36.4 Å². The third-order valence-electron chi connectivity index (χ3n) is 6.48. The van der Waals surface area contributed by atoms with Crippen molar-refractivity contribution in [2.45, 2.75) is 25.0 Å². The average molecular weight is 501 g/mol. The summed E-state index contributed by atoms with van der Waals surface area (Å²) in [6.45, 7) is 4.50. The molecule has 38 heavy (non-hydrogen) atoms. The molecule has 0 aliphatic heterocycles. The van der Waals surface area contributed by atoms with Crippen molar-refractivity contribution in [1.82, 2.24) is 0 Å². The van der Waals surface area contributed by atoms with Gasteiger partial charge in [0, 0.05) is 22.3 Å². The molecule has 0 bridgehead atoms. The van der Waals surface area contributed by atoms with Gasteiger partial charge in [-0.3, -0.25) is 0 Å². The van der Waals surface area contributed by atoms with Gasteiger partial charge in [0.15, 0.2) is 11.2 Å². The fraction of sp³-hybridized carbons (Fsp3) is 0.176. The van der Waals surface area contributed by atoms with Gasteiger partial charge in [-0.2, -0.15) is 0 Å². The fourth-order valence-electron chi connectivity index (χ4n) is 4.86. The van der Waals surface area contributed by atoms with E-state index in [-0.39, 0.29) is 0 Å². The maximum atomic E-state index is 12.5. The van der Waals surface area contributed by atoms with Crippen LogP contribution in [0.1, 0.15) is 47.2 Å². The molecule has 0 fully saturated rings. The second-order valence-electron chi connectivity index (χ2n) is 8.88. The maximum absolute atomic E-state index is 12.5. The van der Waals surface area contributed by atoms with Gasteiger partial charge in [-0.05, 0) is 50.2 Å². The number of hydrogen-bond acceptors (Lipinski definition) is 4. The highest BCUT2D eigenvalue weighted by molar-refractivity contribution is 5.70. The Morgan fingerprint density at radius 3 is 1.32 bits per heavy atom. The van der Waals surface area contributed by atoms with Gasteiger partial charge in [-0.15, -0.1) is 0 Å². The molecule has 0 radical (unpaired) electrons. The number of rotatable bonds is 4. The lowest BCUT2D eigenvalue weighted by molar-refractivity contribution is 0.0880. The lowest BCUT2D eigenvalue weighted by Gasteiger charge is -2.41. The molecule has 0 saturated heterocycles. The highest BCUT2D eigenvalue weighted by atomic mass is 16.5. The van der Waals surface area contributed by atoms with Crippen LogP contribution in [0.5, 0.6) is 11.5 Å². The summed E-state index contributed by atoms with van der Waals surface area (Å²) in [5.41, 5.74) is -0.562. The van der Waals surface area contributed by atoms with Crippen molar-refractivity contribution < 1.29 is 19.7 Å². The SMILES string of the molecule is CCOc1cccc2c1[C@@](O)(C#Cc1ccccc1)c1cccc(OCC)c1[C@@]2(O)C#Cc1ccccc1. The van der Waals surface area contributed by atoms with E-state index in [0.29, 0.717) is 47.0 Å². The molecule has 0 unspecified atom stereocenters. The van der Waals surface area contributed by atoms with Crippen molar-refractivity contribution in [2.24, 2.45) is 0 Å². The van der Waals surface area contributed by atoms with E-state index in [0.717, 1.165) is 11.1 Å². The minimum atomic E-state index is -1.81.